The zero-order valence-corrected chi connectivity index (χ0v) is 9.64. The van der Waals surface area contributed by atoms with Crippen molar-refractivity contribution in [1.29, 1.82) is 0 Å². The molecule has 0 aliphatic carbocycles. The number of rotatable bonds is 9. The Morgan fingerprint density at radius 1 is 1.50 bits per heavy atom. The fourth-order valence-corrected chi connectivity index (χ4v) is 1.46. The van der Waals surface area contributed by atoms with Gasteiger partial charge >= 0.3 is 0 Å². The molecule has 1 N–H and O–H groups in total. The number of carbonyl (C=O) groups is 1. The minimum atomic E-state index is 0.307. The van der Waals surface area contributed by atoms with Crippen LogP contribution in [0.4, 0.5) is 0 Å². The predicted molar refractivity (Wildman–Crippen MR) is 58.4 cm³/mol. The lowest BCUT2D eigenvalue weighted by Gasteiger charge is -2.09. The lowest BCUT2D eigenvalue weighted by molar-refractivity contribution is -0.119. The van der Waals surface area contributed by atoms with E-state index in [1.54, 1.807) is 7.11 Å². The van der Waals surface area contributed by atoms with E-state index in [1.165, 1.54) is 0 Å². The smallest absolute Gasteiger partial charge is 0.146 e. The van der Waals surface area contributed by atoms with Crippen molar-refractivity contribution in [3.05, 3.63) is 0 Å². The van der Waals surface area contributed by atoms with Gasteiger partial charge in [-0.1, -0.05) is 26.7 Å². The third-order valence-electron chi connectivity index (χ3n) is 2.16. The average molecular weight is 201 g/mol. The molecule has 0 aliphatic heterocycles. The van der Waals surface area contributed by atoms with Gasteiger partial charge in [-0.05, 0) is 5.92 Å². The normalized spacial score (nSPS) is 12.8. The van der Waals surface area contributed by atoms with Crippen LogP contribution >= 0.6 is 0 Å². The zero-order chi connectivity index (χ0) is 10.8. The van der Waals surface area contributed by atoms with Gasteiger partial charge in [0, 0.05) is 20.1 Å². The molecule has 0 aliphatic rings. The quantitative estimate of drug-likeness (QED) is 0.576. The molecule has 3 nitrogen and oxygen atoms in total. The van der Waals surface area contributed by atoms with Crippen molar-refractivity contribution in [2.24, 2.45) is 5.92 Å². The minimum absolute atomic E-state index is 0.307. The number of carbonyl (C=O) groups excluding carboxylic acids is 1. The Hall–Kier alpha value is -0.410. The highest BCUT2D eigenvalue weighted by molar-refractivity contribution is 5.80. The average Bonchev–Trinajstić information content (AvgIpc) is 2.13. The molecule has 0 bridgehead atoms. The van der Waals surface area contributed by atoms with Gasteiger partial charge in [0.25, 0.3) is 0 Å². The largest absolute Gasteiger partial charge is 0.383 e. The molecule has 0 fully saturated rings. The van der Waals surface area contributed by atoms with Crippen LogP contribution in [-0.2, 0) is 9.53 Å². The van der Waals surface area contributed by atoms with Crippen molar-refractivity contribution in [3.8, 4) is 0 Å². The third kappa shape index (κ3) is 8.20. The Bertz CT molecular complexity index is 148. The van der Waals surface area contributed by atoms with Gasteiger partial charge in [0.05, 0.1) is 13.2 Å². The van der Waals surface area contributed by atoms with E-state index >= 15 is 0 Å². The highest BCUT2D eigenvalue weighted by Crippen LogP contribution is 2.09. The Kier molecular flexibility index (Phi) is 8.89. The van der Waals surface area contributed by atoms with Crippen LogP contribution in [0.5, 0.6) is 0 Å². The molecule has 0 amide bonds. The number of Topliss-reactive ketones (excluding diaryl/α,β-unsaturated/α-hetero) is 1. The number of ether oxygens (including phenoxy) is 1. The van der Waals surface area contributed by atoms with Crippen molar-refractivity contribution in [3.63, 3.8) is 0 Å². The summed E-state index contributed by atoms with van der Waals surface area (Å²) in [4.78, 5) is 11.4. The summed E-state index contributed by atoms with van der Waals surface area (Å²) in [6.45, 7) is 6.19. The van der Waals surface area contributed by atoms with Crippen LogP contribution in [0.15, 0.2) is 0 Å². The summed E-state index contributed by atoms with van der Waals surface area (Å²) in [7, 11) is 1.66. The van der Waals surface area contributed by atoms with Crippen LogP contribution in [0.25, 0.3) is 0 Å². The van der Waals surface area contributed by atoms with Gasteiger partial charge in [-0.3, -0.25) is 4.79 Å². The second kappa shape index (κ2) is 9.16. The number of hydrogen-bond acceptors (Lipinski definition) is 3. The Morgan fingerprint density at radius 2 is 2.21 bits per heavy atom. The third-order valence-corrected chi connectivity index (χ3v) is 2.16. The highest BCUT2D eigenvalue weighted by atomic mass is 16.5. The van der Waals surface area contributed by atoms with E-state index in [4.69, 9.17) is 4.74 Å². The van der Waals surface area contributed by atoms with Crippen LogP contribution in [0.3, 0.4) is 0 Å². The first-order chi connectivity index (χ1) is 6.70. The second-order valence-electron chi connectivity index (χ2n) is 3.81. The summed E-state index contributed by atoms with van der Waals surface area (Å²) >= 11 is 0. The van der Waals surface area contributed by atoms with Gasteiger partial charge in [0.15, 0.2) is 0 Å². The zero-order valence-electron chi connectivity index (χ0n) is 9.64. The van der Waals surface area contributed by atoms with Crippen LogP contribution in [0.2, 0.25) is 0 Å². The molecular formula is C11H23NO2. The van der Waals surface area contributed by atoms with Gasteiger partial charge in [-0.25, -0.2) is 0 Å². The molecule has 0 spiro atoms. The molecule has 84 valence electrons. The fraction of sp³-hybridized carbons (Fsp3) is 0.909. The first-order valence-electron chi connectivity index (χ1n) is 5.42. The van der Waals surface area contributed by atoms with Crippen molar-refractivity contribution >= 4 is 5.78 Å². The minimum Gasteiger partial charge on any atom is -0.383 e. The molecule has 0 rings (SSSR count). The van der Waals surface area contributed by atoms with Crippen LogP contribution < -0.4 is 5.32 Å². The number of methoxy groups -OCH3 is 1. The van der Waals surface area contributed by atoms with Crippen molar-refractivity contribution in [1.82, 2.24) is 5.32 Å². The standard InChI is InChI=1S/C11H23NO2/c1-4-5-10(2)8-11(13)9-12-6-7-14-3/h10,12H,4-9H2,1-3H3. The molecule has 0 aromatic carbocycles. The molecule has 0 aromatic heterocycles. The van der Waals surface area contributed by atoms with Gasteiger partial charge in [0.2, 0.25) is 0 Å². The van der Waals surface area contributed by atoms with E-state index in [1.807, 2.05) is 0 Å². The summed E-state index contributed by atoms with van der Waals surface area (Å²) in [5.41, 5.74) is 0. The Balaban J connectivity index is 3.35. The number of nitrogens with one attached hydrogen (secondary N) is 1. The molecule has 1 atom stereocenters. The maximum Gasteiger partial charge on any atom is 0.146 e. The number of hydrogen-bond donors (Lipinski definition) is 1. The topological polar surface area (TPSA) is 38.3 Å². The van der Waals surface area contributed by atoms with E-state index in [2.05, 4.69) is 19.2 Å². The maximum atomic E-state index is 11.4. The summed E-state index contributed by atoms with van der Waals surface area (Å²) in [5.74, 6) is 0.832. The molecule has 14 heavy (non-hydrogen) atoms. The van der Waals surface area contributed by atoms with Crippen molar-refractivity contribution < 1.29 is 9.53 Å². The predicted octanol–water partition coefficient (Wildman–Crippen LogP) is 1.62. The molecule has 0 heterocycles. The Labute approximate surface area is 87.2 Å². The van der Waals surface area contributed by atoms with Crippen LogP contribution in [0.1, 0.15) is 33.1 Å². The van der Waals surface area contributed by atoms with Crippen LogP contribution in [0, 0.1) is 5.92 Å². The monoisotopic (exact) mass is 201 g/mol. The lowest BCUT2D eigenvalue weighted by Crippen LogP contribution is -2.27. The Morgan fingerprint density at radius 3 is 2.79 bits per heavy atom. The van der Waals surface area contributed by atoms with Gasteiger partial charge in [-0.15, -0.1) is 0 Å². The molecule has 0 saturated heterocycles. The van der Waals surface area contributed by atoms with Gasteiger partial charge < -0.3 is 10.1 Å². The summed E-state index contributed by atoms with van der Waals surface area (Å²) in [5, 5.41) is 3.06. The second-order valence-corrected chi connectivity index (χ2v) is 3.81. The first-order valence-corrected chi connectivity index (χ1v) is 5.42. The van der Waals surface area contributed by atoms with Crippen molar-refractivity contribution in [2.75, 3.05) is 26.8 Å². The fourth-order valence-electron chi connectivity index (χ4n) is 1.46. The summed E-state index contributed by atoms with van der Waals surface area (Å²) in [6.07, 6.45) is 3.00. The molecule has 3 heteroatoms. The first kappa shape index (κ1) is 13.6. The maximum absolute atomic E-state index is 11.4. The van der Waals surface area contributed by atoms with E-state index in [0.717, 1.165) is 19.4 Å². The molecular weight excluding hydrogens is 178 g/mol. The van der Waals surface area contributed by atoms with E-state index in [9.17, 15) is 4.79 Å². The highest BCUT2D eigenvalue weighted by Gasteiger charge is 2.07. The summed E-state index contributed by atoms with van der Waals surface area (Å²) in [6, 6.07) is 0. The summed E-state index contributed by atoms with van der Waals surface area (Å²) < 4.78 is 4.87. The van der Waals surface area contributed by atoms with E-state index in [-0.39, 0.29) is 0 Å². The molecule has 0 radical (unpaired) electrons. The van der Waals surface area contributed by atoms with Crippen molar-refractivity contribution in [2.45, 2.75) is 33.1 Å². The molecule has 1 unspecified atom stereocenters. The van der Waals surface area contributed by atoms with Gasteiger partial charge in [-0.2, -0.15) is 0 Å². The van der Waals surface area contributed by atoms with Crippen LogP contribution in [-0.4, -0.2) is 32.6 Å². The molecule has 0 aromatic rings. The number of ketones is 1. The molecule has 0 saturated carbocycles. The SMILES string of the molecule is CCCC(C)CC(=O)CNCCOC. The van der Waals surface area contributed by atoms with Gasteiger partial charge in [0.1, 0.15) is 5.78 Å². The van der Waals surface area contributed by atoms with E-state index < -0.39 is 0 Å². The van der Waals surface area contributed by atoms with E-state index in [0.29, 0.717) is 31.3 Å². The lowest BCUT2D eigenvalue weighted by atomic mass is 10.00.